The van der Waals surface area contributed by atoms with Crippen LogP contribution < -0.4 is 0 Å². The Morgan fingerprint density at radius 2 is 2.09 bits per heavy atom. The van der Waals surface area contributed by atoms with Crippen LogP contribution in [-0.2, 0) is 0 Å². The van der Waals surface area contributed by atoms with Crippen LogP contribution in [0.4, 0.5) is 5.69 Å². The van der Waals surface area contributed by atoms with Crippen molar-refractivity contribution in [3.8, 4) is 22.8 Å². The number of hydrogen-bond acceptors (Lipinski definition) is 6. The first-order valence-electron chi connectivity index (χ1n) is 6.73. The molecule has 0 spiro atoms. The van der Waals surface area contributed by atoms with Gasteiger partial charge in [0.1, 0.15) is 0 Å². The third-order valence-electron chi connectivity index (χ3n) is 3.33. The van der Waals surface area contributed by atoms with Crippen LogP contribution in [0, 0.1) is 10.1 Å². The molecule has 1 aromatic carbocycles. The number of rotatable bonds is 3. The van der Waals surface area contributed by atoms with Crippen molar-refractivity contribution >= 4 is 11.5 Å². The summed E-state index contributed by atoms with van der Waals surface area (Å²) in [4.78, 5) is 19.0. The summed E-state index contributed by atoms with van der Waals surface area (Å²) >= 11 is 0. The van der Waals surface area contributed by atoms with Gasteiger partial charge in [-0.15, -0.1) is 5.10 Å². The molecule has 0 unspecified atom stereocenters. The summed E-state index contributed by atoms with van der Waals surface area (Å²) in [6.07, 6.45) is 3.13. The van der Waals surface area contributed by atoms with Crippen LogP contribution >= 0.6 is 0 Å². The Kier molecular flexibility index (Phi) is 2.87. The lowest BCUT2D eigenvalue weighted by Gasteiger charge is -2.03. The van der Waals surface area contributed by atoms with Crippen molar-refractivity contribution in [2.45, 2.75) is 0 Å². The molecule has 0 saturated heterocycles. The minimum absolute atomic E-state index is 0.0128. The van der Waals surface area contributed by atoms with Gasteiger partial charge in [-0.05, 0) is 18.2 Å². The lowest BCUT2D eigenvalue weighted by molar-refractivity contribution is -0.384. The Morgan fingerprint density at radius 3 is 2.87 bits per heavy atom. The first-order valence-corrected chi connectivity index (χ1v) is 6.73. The Morgan fingerprint density at radius 1 is 1.17 bits per heavy atom. The van der Waals surface area contributed by atoms with E-state index < -0.39 is 4.92 Å². The summed E-state index contributed by atoms with van der Waals surface area (Å²) in [7, 11) is 0. The molecule has 0 fully saturated rings. The molecule has 0 bridgehead atoms. The van der Waals surface area contributed by atoms with Crippen LogP contribution in [0.5, 0.6) is 0 Å². The first kappa shape index (κ1) is 13.1. The number of nitro benzene ring substituents is 1. The lowest BCUT2D eigenvalue weighted by atomic mass is 10.1. The van der Waals surface area contributed by atoms with Gasteiger partial charge in [0.15, 0.2) is 5.76 Å². The molecule has 8 nitrogen and oxygen atoms in total. The molecule has 23 heavy (non-hydrogen) atoms. The Balaban J connectivity index is 1.90. The average Bonchev–Trinajstić information content (AvgIpc) is 3.23. The second kappa shape index (κ2) is 5.02. The third-order valence-corrected chi connectivity index (χ3v) is 3.33. The van der Waals surface area contributed by atoms with Crippen molar-refractivity contribution in [3.63, 3.8) is 0 Å². The SMILES string of the molecule is O=[N+]([O-])c1cccc(-c2ccnc3nc(-c4ccco4)nn23)c1. The fourth-order valence-electron chi connectivity index (χ4n) is 2.30. The molecule has 0 aliphatic heterocycles. The number of benzene rings is 1. The van der Waals surface area contributed by atoms with Crippen LogP contribution in [0.25, 0.3) is 28.6 Å². The summed E-state index contributed by atoms with van der Waals surface area (Å²) in [5.74, 6) is 1.32. The average molecular weight is 307 g/mol. The fraction of sp³-hybridized carbons (Fsp3) is 0. The molecule has 112 valence electrons. The van der Waals surface area contributed by atoms with E-state index in [2.05, 4.69) is 15.1 Å². The minimum Gasteiger partial charge on any atom is -0.461 e. The van der Waals surface area contributed by atoms with Crippen LogP contribution in [-0.4, -0.2) is 24.5 Å². The van der Waals surface area contributed by atoms with Crippen molar-refractivity contribution in [1.29, 1.82) is 0 Å². The van der Waals surface area contributed by atoms with E-state index in [1.165, 1.54) is 22.9 Å². The molecule has 0 atom stereocenters. The van der Waals surface area contributed by atoms with Crippen molar-refractivity contribution in [2.75, 3.05) is 0 Å². The highest BCUT2D eigenvalue weighted by Gasteiger charge is 2.14. The van der Waals surface area contributed by atoms with Crippen LogP contribution in [0.1, 0.15) is 0 Å². The van der Waals surface area contributed by atoms with Crippen molar-refractivity contribution in [1.82, 2.24) is 19.6 Å². The van der Waals surface area contributed by atoms with Crippen molar-refractivity contribution in [3.05, 3.63) is 65.0 Å². The van der Waals surface area contributed by atoms with Gasteiger partial charge in [-0.2, -0.15) is 9.50 Å². The maximum Gasteiger partial charge on any atom is 0.270 e. The number of nitrogens with zero attached hydrogens (tertiary/aromatic N) is 5. The molecule has 3 aromatic heterocycles. The lowest BCUT2D eigenvalue weighted by Crippen LogP contribution is -1.96. The normalized spacial score (nSPS) is 11.0. The van der Waals surface area contributed by atoms with E-state index in [1.807, 2.05) is 0 Å². The highest BCUT2D eigenvalue weighted by molar-refractivity contribution is 5.65. The smallest absolute Gasteiger partial charge is 0.270 e. The number of fused-ring (bicyclic) bond motifs is 1. The summed E-state index contributed by atoms with van der Waals surface area (Å²) in [6.45, 7) is 0. The number of nitro groups is 1. The van der Waals surface area contributed by atoms with E-state index >= 15 is 0 Å². The van der Waals surface area contributed by atoms with Gasteiger partial charge in [0.2, 0.25) is 5.82 Å². The Labute approximate surface area is 129 Å². The second-order valence-corrected chi connectivity index (χ2v) is 4.76. The number of furan rings is 1. The second-order valence-electron chi connectivity index (χ2n) is 4.76. The zero-order valence-corrected chi connectivity index (χ0v) is 11.7. The molecule has 0 aliphatic rings. The van der Waals surface area contributed by atoms with E-state index in [-0.39, 0.29) is 5.69 Å². The minimum atomic E-state index is -0.433. The zero-order valence-electron chi connectivity index (χ0n) is 11.7. The summed E-state index contributed by atoms with van der Waals surface area (Å²) in [5, 5.41) is 15.3. The molecule has 0 N–H and O–H groups in total. The number of non-ortho nitro benzene ring substituents is 1. The number of aromatic nitrogens is 4. The largest absolute Gasteiger partial charge is 0.461 e. The molecule has 0 saturated carbocycles. The molecule has 0 aliphatic carbocycles. The van der Waals surface area contributed by atoms with Gasteiger partial charge >= 0.3 is 0 Å². The van der Waals surface area contributed by atoms with Gasteiger partial charge in [0.25, 0.3) is 11.5 Å². The van der Waals surface area contributed by atoms with Gasteiger partial charge in [-0.3, -0.25) is 10.1 Å². The summed E-state index contributed by atoms with van der Waals surface area (Å²) in [6, 6.07) is 11.6. The Hall–Kier alpha value is -3.55. The maximum absolute atomic E-state index is 11.0. The predicted octanol–water partition coefficient (Wildman–Crippen LogP) is 2.96. The van der Waals surface area contributed by atoms with E-state index in [9.17, 15) is 10.1 Å². The molecular formula is C15H9N5O3. The third kappa shape index (κ3) is 2.22. The zero-order chi connectivity index (χ0) is 15.8. The maximum atomic E-state index is 11.0. The molecule has 8 heteroatoms. The summed E-state index contributed by atoms with van der Waals surface area (Å²) in [5.41, 5.74) is 1.32. The van der Waals surface area contributed by atoms with E-state index in [0.29, 0.717) is 28.6 Å². The van der Waals surface area contributed by atoms with E-state index in [1.54, 1.807) is 36.5 Å². The number of hydrogen-bond donors (Lipinski definition) is 0. The van der Waals surface area contributed by atoms with Gasteiger partial charge < -0.3 is 4.42 Å². The van der Waals surface area contributed by atoms with Crippen LogP contribution in [0.2, 0.25) is 0 Å². The molecule has 4 rings (SSSR count). The van der Waals surface area contributed by atoms with E-state index in [0.717, 1.165) is 0 Å². The molecule has 0 amide bonds. The topological polar surface area (TPSA) is 99.4 Å². The molecule has 3 heterocycles. The fourth-order valence-corrected chi connectivity index (χ4v) is 2.30. The van der Waals surface area contributed by atoms with Gasteiger partial charge in [0.05, 0.1) is 16.9 Å². The summed E-state index contributed by atoms with van der Waals surface area (Å²) < 4.78 is 6.83. The predicted molar refractivity (Wildman–Crippen MR) is 80.6 cm³/mol. The molecule has 0 radical (unpaired) electrons. The highest BCUT2D eigenvalue weighted by atomic mass is 16.6. The van der Waals surface area contributed by atoms with Gasteiger partial charge in [-0.1, -0.05) is 12.1 Å². The van der Waals surface area contributed by atoms with Crippen molar-refractivity contribution in [2.24, 2.45) is 0 Å². The van der Waals surface area contributed by atoms with E-state index in [4.69, 9.17) is 4.42 Å². The quantitative estimate of drug-likeness (QED) is 0.426. The van der Waals surface area contributed by atoms with Crippen LogP contribution in [0.3, 0.4) is 0 Å². The highest BCUT2D eigenvalue weighted by Crippen LogP contribution is 2.25. The molecule has 4 aromatic rings. The van der Waals surface area contributed by atoms with Gasteiger partial charge in [-0.25, -0.2) is 4.98 Å². The molecular weight excluding hydrogens is 298 g/mol. The van der Waals surface area contributed by atoms with Gasteiger partial charge in [0, 0.05) is 23.9 Å². The van der Waals surface area contributed by atoms with Crippen molar-refractivity contribution < 1.29 is 9.34 Å². The monoisotopic (exact) mass is 307 g/mol. The Bertz CT molecular complexity index is 1010. The van der Waals surface area contributed by atoms with Crippen LogP contribution in [0.15, 0.2) is 59.3 Å². The standard InChI is InChI=1S/C15H9N5O3/c21-20(22)11-4-1-3-10(9-11)12-6-7-16-15-17-14(18-19(12)15)13-5-2-8-23-13/h1-9H. The first-order chi connectivity index (χ1) is 11.2.